The molecule has 3 nitrogen and oxygen atoms in total. The Hall–Kier alpha value is -1.12. The number of anilines is 1. The van der Waals surface area contributed by atoms with Gasteiger partial charge in [0.05, 0.1) is 0 Å². The van der Waals surface area contributed by atoms with Gasteiger partial charge in [-0.25, -0.2) is 9.97 Å². The Morgan fingerprint density at radius 1 is 1.20 bits per heavy atom. The highest BCUT2D eigenvalue weighted by atomic mass is 15.0. The number of nitrogens with zero attached hydrogens (tertiary/aromatic N) is 2. The minimum Gasteiger partial charge on any atom is -0.370 e. The quantitative estimate of drug-likeness (QED) is 0.825. The van der Waals surface area contributed by atoms with Gasteiger partial charge in [-0.2, -0.15) is 0 Å². The number of hydrogen-bond donors (Lipinski definition) is 1. The highest BCUT2D eigenvalue weighted by Gasteiger charge is 2.08. The Bertz CT molecular complexity index is 332. The summed E-state index contributed by atoms with van der Waals surface area (Å²) in [6, 6.07) is 0. The third-order valence-corrected chi connectivity index (χ3v) is 2.37. The van der Waals surface area contributed by atoms with Crippen LogP contribution in [0.1, 0.15) is 37.9 Å². The molecule has 0 unspecified atom stereocenters. The van der Waals surface area contributed by atoms with Crippen molar-refractivity contribution in [3.63, 3.8) is 0 Å². The average molecular weight is 207 g/mol. The van der Waals surface area contributed by atoms with E-state index in [-0.39, 0.29) is 0 Å². The lowest BCUT2D eigenvalue weighted by molar-refractivity contribution is 0.618. The summed E-state index contributed by atoms with van der Waals surface area (Å²) in [5, 5.41) is 3.28. The minimum absolute atomic E-state index is 0.599. The van der Waals surface area contributed by atoms with Crippen LogP contribution >= 0.6 is 0 Å². The molecule has 3 heteroatoms. The smallest absolute Gasteiger partial charge is 0.132 e. The molecule has 0 aromatic carbocycles. The largest absolute Gasteiger partial charge is 0.370 e. The average Bonchev–Trinajstić information content (AvgIpc) is 2.12. The van der Waals surface area contributed by atoms with Gasteiger partial charge in [-0.05, 0) is 26.7 Å². The van der Waals surface area contributed by atoms with Gasteiger partial charge in [-0.15, -0.1) is 0 Å². The second-order valence-electron chi connectivity index (χ2n) is 4.33. The van der Waals surface area contributed by atoms with E-state index >= 15 is 0 Å². The number of hydrogen-bond acceptors (Lipinski definition) is 3. The van der Waals surface area contributed by atoms with E-state index in [0.717, 1.165) is 35.9 Å². The summed E-state index contributed by atoms with van der Waals surface area (Å²) in [4.78, 5) is 9.05. The fourth-order valence-corrected chi connectivity index (χ4v) is 1.48. The standard InChI is InChI=1S/C12H21N3/c1-6-13-12-9(4)10(5)14-11(15-12)7-8(2)3/h8H,6-7H2,1-5H3,(H,13,14,15). The molecule has 1 heterocycles. The van der Waals surface area contributed by atoms with E-state index in [1.807, 2.05) is 6.92 Å². The molecule has 0 spiro atoms. The van der Waals surface area contributed by atoms with Crippen LogP contribution in [0.2, 0.25) is 0 Å². The zero-order chi connectivity index (χ0) is 11.4. The van der Waals surface area contributed by atoms with Crippen LogP contribution in [0.4, 0.5) is 5.82 Å². The first-order valence-electron chi connectivity index (χ1n) is 5.62. The van der Waals surface area contributed by atoms with Gasteiger partial charge in [-0.3, -0.25) is 0 Å². The van der Waals surface area contributed by atoms with Crippen molar-refractivity contribution in [2.24, 2.45) is 5.92 Å². The van der Waals surface area contributed by atoms with Crippen LogP contribution in [0.15, 0.2) is 0 Å². The van der Waals surface area contributed by atoms with E-state index in [0.29, 0.717) is 5.92 Å². The normalized spacial score (nSPS) is 10.8. The van der Waals surface area contributed by atoms with Crippen LogP contribution in [0.5, 0.6) is 0 Å². The van der Waals surface area contributed by atoms with Crippen molar-refractivity contribution in [2.75, 3.05) is 11.9 Å². The molecule has 0 atom stereocenters. The molecule has 15 heavy (non-hydrogen) atoms. The summed E-state index contributed by atoms with van der Waals surface area (Å²) >= 11 is 0. The highest BCUT2D eigenvalue weighted by Crippen LogP contribution is 2.15. The van der Waals surface area contributed by atoms with E-state index < -0.39 is 0 Å². The van der Waals surface area contributed by atoms with E-state index in [4.69, 9.17) is 0 Å². The van der Waals surface area contributed by atoms with Crippen molar-refractivity contribution in [3.05, 3.63) is 17.1 Å². The summed E-state index contributed by atoms with van der Waals surface area (Å²) in [6.07, 6.45) is 0.944. The van der Waals surface area contributed by atoms with Crippen molar-refractivity contribution < 1.29 is 0 Å². The molecule has 0 bridgehead atoms. The van der Waals surface area contributed by atoms with Gasteiger partial charge in [0.25, 0.3) is 0 Å². The molecule has 0 saturated carbocycles. The van der Waals surface area contributed by atoms with Crippen LogP contribution in [0, 0.1) is 19.8 Å². The van der Waals surface area contributed by atoms with Gasteiger partial charge < -0.3 is 5.32 Å². The molecule has 1 aromatic rings. The molecular formula is C12H21N3. The summed E-state index contributed by atoms with van der Waals surface area (Å²) in [7, 11) is 0. The first-order valence-corrected chi connectivity index (χ1v) is 5.62. The predicted molar refractivity (Wildman–Crippen MR) is 64.2 cm³/mol. The van der Waals surface area contributed by atoms with Gasteiger partial charge in [-0.1, -0.05) is 13.8 Å². The van der Waals surface area contributed by atoms with E-state index in [9.17, 15) is 0 Å². The molecule has 1 rings (SSSR count). The third kappa shape index (κ3) is 3.18. The fourth-order valence-electron chi connectivity index (χ4n) is 1.48. The Morgan fingerprint density at radius 3 is 2.40 bits per heavy atom. The maximum atomic E-state index is 4.54. The molecule has 0 aliphatic heterocycles. The molecule has 0 fully saturated rings. The Labute approximate surface area is 92.3 Å². The number of aryl methyl sites for hydroxylation is 1. The minimum atomic E-state index is 0.599. The van der Waals surface area contributed by atoms with Gasteiger partial charge in [0.15, 0.2) is 0 Å². The van der Waals surface area contributed by atoms with Crippen LogP contribution < -0.4 is 5.32 Å². The SMILES string of the molecule is CCNc1nc(CC(C)C)nc(C)c1C. The lowest BCUT2D eigenvalue weighted by Crippen LogP contribution is -2.09. The summed E-state index contributed by atoms with van der Waals surface area (Å²) in [6.45, 7) is 11.5. The van der Waals surface area contributed by atoms with Crippen LogP contribution in [-0.2, 0) is 6.42 Å². The zero-order valence-corrected chi connectivity index (χ0v) is 10.4. The van der Waals surface area contributed by atoms with E-state index in [1.54, 1.807) is 0 Å². The third-order valence-electron chi connectivity index (χ3n) is 2.37. The lowest BCUT2D eigenvalue weighted by Gasteiger charge is -2.11. The van der Waals surface area contributed by atoms with Crippen molar-refractivity contribution in [3.8, 4) is 0 Å². The second-order valence-corrected chi connectivity index (χ2v) is 4.33. The molecule has 84 valence electrons. The first kappa shape index (κ1) is 12.0. The lowest BCUT2D eigenvalue weighted by atomic mass is 10.1. The summed E-state index contributed by atoms with van der Waals surface area (Å²) in [5.41, 5.74) is 2.24. The van der Waals surface area contributed by atoms with E-state index in [1.165, 1.54) is 0 Å². The summed E-state index contributed by atoms with van der Waals surface area (Å²) < 4.78 is 0. The Kier molecular flexibility index (Phi) is 4.06. The predicted octanol–water partition coefficient (Wildman–Crippen LogP) is 2.72. The fraction of sp³-hybridized carbons (Fsp3) is 0.667. The Balaban J connectivity index is 3.00. The van der Waals surface area contributed by atoms with Gasteiger partial charge in [0.2, 0.25) is 0 Å². The van der Waals surface area contributed by atoms with Crippen LogP contribution in [0.3, 0.4) is 0 Å². The molecule has 0 saturated heterocycles. The molecule has 0 amide bonds. The van der Waals surface area contributed by atoms with Crippen molar-refractivity contribution in [1.82, 2.24) is 9.97 Å². The number of nitrogens with one attached hydrogen (secondary N) is 1. The van der Waals surface area contributed by atoms with E-state index in [2.05, 4.69) is 43.0 Å². The number of aromatic nitrogens is 2. The maximum Gasteiger partial charge on any atom is 0.132 e. The maximum absolute atomic E-state index is 4.54. The van der Waals surface area contributed by atoms with Gasteiger partial charge in [0.1, 0.15) is 11.6 Å². The highest BCUT2D eigenvalue weighted by molar-refractivity contribution is 5.45. The molecule has 1 aromatic heterocycles. The topological polar surface area (TPSA) is 37.8 Å². The van der Waals surface area contributed by atoms with Gasteiger partial charge >= 0.3 is 0 Å². The molecule has 1 N–H and O–H groups in total. The Morgan fingerprint density at radius 2 is 1.87 bits per heavy atom. The van der Waals surface area contributed by atoms with Gasteiger partial charge in [0, 0.05) is 24.2 Å². The number of rotatable bonds is 4. The summed E-state index contributed by atoms with van der Waals surface area (Å²) in [5.74, 6) is 2.53. The monoisotopic (exact) mass is 207 g/mol. The first-order chi connectivity index (χ1) is 7.04. The molecule has 0 aliphatic carbocycles. The second kappa shape index (κ2) is 5.10. The van der Waals surface area contributed by atoms with Crippen LogP contribution in [0.25, 0.3) is 0 Å². The van der Waals surface area contributed by atoms with Crippen molar-refractivity contribution >= 4 is 5.82 Å². The van der Waals surface area contributed by atoms with Crippen molar-refractivity contribution in [1.29, 1.82) is 0 Å². The molecule has 0 radical (unpaired) electrons. The van der Waals surface area contributed by atoms with Crippen molar-refractivity contribution in [2.45, 2.75) is 41.0 Å². The molecular weight excluding hydrogens is 186 g/mol. The zero-order valence-electron chi connectivity index (χ0n) is 10.4. The van der Waals surface area contributed by atoms with Crippen LogP contribution in [-0.4, -0.2) is 16.5 Å². The molecule has 0 aliphatic rings.